The summed E-state index contributed by atoms with van der Waals surface area (Å²) in [6.45, 7) is 4.89. The van der Waals surface area contributed by atoms with Crippen LogP contribution in [0.4, 0.5) is 5.82 Å². The zero-order valence-electron chi connectivity index (χ0n) is 16.8. The molecule has 0 saturated carbocycles. The van der Waals surface area contributed by atoms with Crippen molar-refractivity contribution in [2.24, 2.45) is 0 Å². The summed E-state index contributed by atoms with van der Waals surface area (Å²) < 4.78 is 3.49. The first kappa shape index (κ1) is 19.3. The minimum atomic E-state index is -0.142. The van der Waals surface area contributed by atoms with Crippen molar-refractivity contribution in [3.63, 3.8) is 0 Å². The number of nitrogens with zero attached hydrogens (tertiary/aromatic N) is 6. The van der Waals surface area contributed by atoms with Crippen LogP contribution in [0.1, 0.15) is 21.7 Å². The van der Waals surface area contributed by atoms with E-state index in [4.69, 9.17) is 0 Å². The molecule has 0 saturated heterocycles. The molecule has 1 amide bonds. The number of benzene rings is 1. The van der Waals surface area contributed by atoms with Crippen molar-refractivity contribution in [2.75, 3.05) is 18.4 Å². The number of hydrogen-bond acceptors (Lipinski definition) is 6. The quantitative estimate of drug-likeness (QED) is 0.460. The van der Waals surface area contributed by atoms with Gasteiger partial charge in [0.2, 0.25) is 0 Å². The largest absolute Gasteiger partial charge is 0.368 e. The Kier molecular flexibility index (Phi) is 5.51. The van der Waals surface area contributed by atoms with Gasteiger partial charge in [-0.1, -0.05) is 6.07 Å². The Hall–Kier alpha value is -4.01. The summed E-state index contributed by atoms with van der Waals surface area (Å²) in [5, 5.41) is 14.7. The molecule has 3 heterocycles. The molecule has 0 unspecified atom stereocenters. The molecular formula is C21H22N8O. The normalized spacial score (nSPS) is 10.7. The molecule has 0 atom stereocenters. The molecule has 4 rings (SSSR count). The first-order valence-electron chi connectivity index (χ1n) is 9.58. The van der Waals surface area contributed by atoms with Crippen LogP contribution in [-0.2, 0) is 0 Å². The zero-order chi connectivity index (χ0) is 20.9. The Morgan fingerprint density at radius 3 is 2.73 bits per heavy atom. The first-order valence-corrected chi connectivity index (χ1v) is 9.58. The molecule has 1 aromatic carbocycles. The van der Waals surface area contributed by atoms with E-state index in [0.717, 1.165) is 17.1 Å². The second-order valence-corrected chi connectivity index (χ2v) is 6.78. The van der Waals surface area contributed by atoms with Gasteiger partial charge in [-0.05, 0) is 44.2 Å². The van der Waals surface area contributed by atoms with Gasteiger partial charge in [0.1, 0.15) is 12.1 Å². The summed E-state index contributed by atoms with van der Waals surface area (Å²) in [6.07, 6.45) is 5.03. The van der Waals surface area contributed by atoms with Gasteiger partial charge in [-0.3, -0.25) is 4.79 Å². The second-order valence-electron chi connectivity index (χ2n) is 6.78. The highest BCUT2D eigenvalue weighted by Gasteiger charge is 2.08. The van der Waals surface area contributed by atoms with Crippen LogP contribution in [0.25, 0.3) is 11.5 Å². The SMILES string of the molecule is Cc1cc(C)n(-c2cc(NCCNC(=O)c3cccc(-n4cccn4)c3)ncn2)n1. The Morgan fingerprint density at radius 1 is 1.07 bits per heavy atom. The van der Waals surface area contributed by atoms with E-state index in [9.17, 15) is 4.79 Å². The van der Waals surface area contributed by atoms with Crippen LogP contribution in [0, 0.1) is 13.8 Å². The Balaban J connectivity index is 1.32. The number of carbonyl (C=O) groups is 1. The summed E-state index contributed by atoms with van der Waals surface area (Å²) in [4.78, 5) is 21.0. The molecule has 0 aliphatic rings. The van der Waals surface area contributed by atoms with Gasteiger partial charge in [0.05, 0.1) is 11.4 Å². The number of anilines is 1. The Bertz CT molecular complexity index is 1150. The fourth-order valence-electron chi connectivity index (χ4n) is 3.10. The average Bonchev–Trinajstić information content (AvgIpc) is 3.41. The highest BCUT2D eigenvalue weighted by molar-refractivity contribution is 5.94. The molecule has 0 radical (unpaired) electrons. The molecule has 2 N–H and O–H groups in total. The molecular weight excluding hydrogens is 380 g/mol. The summed E-state index contributed by atoms with van der Waals surface area (Å²) in [6, 6.07) is 13.0. The smallest absolute Gasteiger partial charge is 0.251 e. The van der Waals surface area contributed by atoms with Gasteiger partial charge in [-0.2, -0.15) is 10.2 Å². The van der Waals surface area contributed by atoms with E-state index in [2.05, 4.69) is 30.8 Å². The lowest BCUT2D eigenvalue weighted by molar-refractivity contribution is 0.0955. The number of rotatable bonds is 7. The summed E-state index contributed by atoms with van der Waals surface area (Å²) in [5.41, 5.74) is 3.35. The monoisotopic (exact) mass is 402 g/mol. The van der Waals surface area contributed by atoms with Crippen molar-refractivity contribution in [3.8, 4) is 11.5 Å². The lowest BCUT2D eigenvalue weighted by atomic mass is 10.2. The van der Waals surface area contributed by atoms with Gasteiger partial charge >= 0.3 is 0 Å². The van der Waals surface area contributed by atoms with E-state index < -0.39 is 0 Å². The third-order valence-electron chi connectivity index (χ3n) is 4.47. The van der Waals surface area contributed by atoms with Gasteiger partial charge < -0.3 is 10.6 Å². The van der Waals surface area contributed by atoms with Crippen LogP contribution in [0.2, 0.25) is 0 Å². The molecule has 0 aliphatic carbocycles. The number of aromatic nitrogens is 6. The van der Waals surface area contributed by atoms with Gasteiger partial charge in [0, 0.05) is 42.8 Å². The van der Waals surface area contributed by atoms with Crippen molar-refractivity contribution in [2.45, 2.75) is 13.8 Å². The number of carbonyl (C=O) groups excluding carboxylic acids is 1. The fraction of sp³-hybridized carbons (Fsp3) is 0.190. The number of hydrogen-bond donors (Lipinski definition) is 2. The predicted octanol–water partition coefficient (Wildman–Crippen LogP) is 2.31. The topological polar surface area (TPSA) is 103 Å². The lowest BCUT2D eigenvalue weighted by Gasteiger charge is -2.10. The van der Waals surface area contributed by atoms with E-state index in [1.807, 2.05) is 50.4 Å². The molecule has 9 nitrogen and oxygen atoms in total. The van der Waals surface area contributed by atoms with Crippen molar-refractivity contribution in [3.05, 3.63) is 78.1 Å². The van der Waals surface area contributed by atoms with Gasteiger partial charge in [0.25, 0.3) is 5.91 Å². The number of aryl methyl sites for hydroxylation is 2. The maximum atomic E-state index is 12.5. The van der Waals surface area contributed by atoms with E-state index in [-0.39, 0.29) is 5.91 Å². The predicted molar refractivity (Wildman–Crippen MR) is 113 cm³/mol. The van der Waals surface area contributed by atoms with E-state index >= 15 is 0 Å². The van der Waals surface area contributed by atoms with Gasteiger partial charge in [-0.25, -0.2) is 19.3 Å². The maximum Gasteiger partial charge on any atom is 0.251 e. The van der Waals surface area contributed by atoms with Crippen molar-refractivity contribution in [1.29, 1.82) is 0 Å². The average molecular weight is 402 g/mol. The van der Waals surface area contributed by atoms with Crippen LogP contribution in [0.5, 0.6) is 0 Å². The molecule has 4 aromatic rings. The van der Waals surface area contributed by atoms with Crippen molar-refractivity contribution >= 4 is 11.7 Å². The summed E-state index contributed by atoms with van der Waals surface area (Å²) >= 11 is 0. The minimum Gasteiger partial charge on any atom is -0.368 e. The molecule has 3 aromatic heterocycles. The fourth-order valence-corrected chi connectivity index (χ4v) is 3.10. The molecule has 30 heavy (non-hydrogen) atoms. The maximum absolute atomic E-state index is 12.5. The first-order chi connectivity index (χ1) is 14.6. The number of nitrogens with one attached hydrogen (secondary N) is 2. The molecule has 0 fully saturated rings. The van der Waals surface area contributed by atoms with Gasteiger partial charge in [-0.15, -0.1) is 0 Å². The highest BCUT2D eigenvalue weighted by Crippen LogP contribution is 2.12. The molecule has 9 heteroatoms. The summed E-state index contributed by atoms with van der Waals surface area (Å²) in [7, 11) is 0. The third-order valence-corrected chi connectivity index (χ3v) is 4.47. The van der Waals surface area contributed by atoms with Crippen LogP contribution >= 0.6 is 0 Å². The third kappa shape index (κ3) is 4.35. The minimum absolute atomic E-state index is 0.142. The van der Waals surface area contributed by atoms with Crippen molar-refractivity contribution in [1.82, 2.24) is 34.8 Å². The van der Waals surface area contributed by atoms with E-state index in [0.29, 0.717) is 30.3 Å². The van der Waals surface area contributed by atoms with E-state index in [1.165, 1.54) is 6.33 Å². The van der Waals surface area contributed by atoms with Crippen molar-refractivity contribution < 1.29 is 4.79 Å². The Labute approximate surface area is 173 Å². The summed E-state index contributed by atoms with van der Waals surface area (Å²) in [5.74, 6) is 1.22. The molecule has 0 spiro atoms. The Morgan fingerprint density at radius 2 is 1.97 bits per heavy atom. The lowest BCUT2D eigenvalue weighted by Crippen LogP contribution is -2.29. The molecule has 152 valence electrons. The van der Waals surface area contributed by atoms with E-state index in [1.54, 1.807) is 27.7 Å². The second kappa shape index (κ2) is 8.56. The van der Waals surface area contributed by atoms with Crippen LogP contribution in [0.15, 0.2) is 61.2 Å². The standard InChI is InChI=1S/C21H22N8O/c1-15-11-16(2)29(27-15)20-13-19(24-14-25-20)22-8-9-23-21(30)17-5-3-6-18(12-17)28-10-4-7-26-28/h3-7,10-14H,8-9H2,1-2H3,(H,23,30)(H,22,24,25). The highest BCUT2D eigenvalue weighted by atomic mass is 16.1. The van der Waals surface area contributed by atoms with Crippen LogP contribution in [0.3, 0.4) is 0 Å². The zero-order valence-corrected chi connectivity index (χ0v) is 16.8. The van der Waals surface area contributed by atoms with Crippen LogP contribution < -0.4 is 10.6 Å². The molecule has 0 aliphatic heterocycles. The molecule has 0 bridgehead atoms. The van der Waals surface area contributed by atoms with Gasteiger partial charge in [0.15, 0.2) is 5.82 Å². The van der Waals surface area contributed by atoms with Crippen LogP contribution in [-0.4, -0.2) is 48.5 Å². The number of amides is 1.